The van der Waals surface area contributed by atoms with E-state index in [-0.39, 0.29) is 11.8 Å². The van der Waals surface area contributed by atoms with Crippen molar-refractivity contribution >= 4 is 17.2 Å². The third-order valence-electron chi connectivity index (χ3n) is 3.27. The summed E-state index contributed by atoms with van der Waals surface area (Å²) in [5.41, 5.74) is 1.04. The van der Waals surface area contributed by atoms with Gasteiger partial charge in [0.15, 0.2) is 0 Å². The zero-order chi connectivity index (χ0) is 12.8. The number of nitrogens with one attached hydrogen (secondary N) is 1. The summed E-state index contributed by atoms with van der Waals surface area (Å²) in [7, 11) is 1.67. The molecule has 1 fully saturated rings. The van der Waals surface area contributed by atoms with Crippen LogP contribution < -0.4 is 5.32 Å². The molecule has 0 bridgehead atoms. The largest absolute Gasteiger partial charge is 0.378 e. The van der Waals surface area contributed by atoms with Crippen LogP contribution in [0.2, 0.25) is 0 Å². The molecule has 5 heteroatoms. The molecule has 1 saturated carbocycles. The molecule has 4 nitrogen and oxygen atoms in total. The van der Waals surface area contributed by atoms with Crippen molar-refractivity contribution in [1.29, 1.82) is 0 Å². The number of amides is 1. The number of carbonyl (C=O) groups is 1. The van der Waals surface area contributed by atoms with E-state index in [1.165, 1.54) is 12.8 Å². The third kappa shape index (κ3) is 3.78. The second-order valence-corrected chi connectivity index (χ2v) is 5.63. The molecular weight excluding hydrogens is 248 g/mol. The molecule has 1 aliphatic carbocycles. The average molecular weight is 268 g/mol. The van der Waals surface area contributed by atoms with E-state index in [1.54, 1.807) is 18.4 Å². The van der Waals surface area contributed by atoms with Crippen molar-refractivity contribution in [3.63, 3.8) is 0 Å². The molecule has 1 heterocycles. The Morgan fingerprint density at radius 2 is 2.33 bits per heavy atom. The Bertz CT molecular complexity index is 386. The molecule has 1 aliphatic rings. The highest BCUT2D eigenvalue weighted by atomic mass is 32.1. The molecule has 1 aromatic heterocycles. The molecule has 1 amide bonds. The fourth-order valence-corrected chi connectivity index (χ4v) is 3.10. The Labute approximate surface area is 112 Å². The smallest absolute Gasteiger partial charge is 0.223 e. The lowest BCUT2D eigenvalue weighted by Gasteiger charge is -2.09. The standard InChI is InChI=1S/C13H20N2O2S/c1-17-8-12-15-11(9-18-12)6-7-14-13(16)10-4-2-3-5-10/h9-10H,2-8H2,1H3,(H,14,16). The summed E-state index contributed by atoms with van der Waals surface area (Å²) >= 11 is 1.61. The summed E-state index contributed by atoms with van der Waals surface area (Å²) in [6, 6.07) is 0. The first-order valence-corrected chi connectivity index (χ1v) is 7.37. The summed E-state index contributed by atoms with van der Waals surface area (Å²) in [4.78, 5) is 16.2. The van der Waals surface area contributed by atoms with E-state index >= 15 is 0 Å². The van der Waals surface area contributed by atoms with Crippen LogP contribution in [-0.2, 0) is 22.6 Å². The highest BCUT2D eigenvalue weighted by Gasteiger charge is 2.21. The Morgan fingerprint density at radius 3 is 3.06 bits per heavy atom. The monoisotopic (exact) mass is 268 g/mol. The van der Waals surface area contributed by atoms with Crippen molar-refractivity contribution in [2.45, 2.75) is 38.7 Å². The zero-order valence-corrected chi connectivity index (χ0v) is 11.6. The Kier molecular flexibility index (Phi) is 5.13. The average Bonchev–Trinajstić information content (AvgIpc) is 3.00. The number of thiazole rings is 1. The normalized spacial score (nSPS) is 16.1. The summed E-state index contributed by atoms with van der Waals surface area (Å²) in [6.07, 6.45) is 5.31. The van der Waals surface area contributed by atoms with Gasteiger partial charge in [0.25, 0.3) is 0 Å². The number of carbonyl (C=O) groups excluding carboxylic acids is 1. The molecule has 100 valence electrons. The van der Waals surface area contributed by atoms with Crippen molar-refractivity contribution in [1.82, 2.24) is 10.3 Å². The van der Waals surface area contributed by atoms with E-state index in [4.69, 9.17) is 4.74 Å². The van der Waals surface area contributed by atoms with Gasteiger partial charge in [-0.25, -0.2) is 4.98 Å². The first-order valence-electron chi connectivity index (χ1n) is 6.49. The number of methoxy groups -OCH3 is 1. The van der Waals surface area contributed by atoms with Gasteiger partial charge in [-0.1, -0.05) is 12.8 Å². The summed E-state index contributed by atoms with van der Waals surface area (Å²) in [5, 5.41) is 6.04. The van der Waals surface area contributed by atoms with Crippen molar-refractivity contribution in [3.05, 3.63) is 16.1 Å². The van der Waals surface area contributed by atoms with Crippen LogP contribution in [-0.4, -0.2) is 24.5 Å². The van der Waals surface area contributed by atoms with Crippen LogP contribution in [0.15, 0.2) is 5.38 Å². The van der Waals surface area contributed by atoms with E-state index in [9.17, 15) is 4.79 Å². The Hall–Kier alpha value is -0.940. The lowest BCUT2D eigenvalue weighted by molar-refractivity contribution is -0.124. The highest BCUT2D eigenvalue weighted by molar-refractivity contribution is 7.09. The maximum absolute atomic E-state index is 11.8. The predicted molar refractivity (Wildman–Crippen MR) is 71.5 cm³/mol. The van der Waals surface area contributed by atoms with Gasteiger partial charge in [-0.3, -0.25) is 4.79 Å². The molecule has 0 aromatic carbocycles. The van der Waals surface area contributed by atoms with Gasteiger partial charge in [-0.15, -0.1) is 11.3 Å². The topological polar surface area (TPSA) is 51.2 Å². The minimum atomic E-state index is 0.222. The van der Waals surface area contributed by atoms with Gasteiger partial charge in [-0.05, 0) is 12.8 Å². The van der Waals surface area contributed by atoms with Gasteiger partial charge in [0, 0.05) is 31.4 Å². The van der Waals surface area contributed by atoms with Crippen LogP contribution in [0, 0.1) is 5.92 Å². The molecule has 0 saturated heterocycles. The van der Waals surface area contributed by atoms with Crippen LogP contribution >= 0.6 is 11.3 Å². The van der Waals surface area contributed by atoms with Gasteiger partial charge in [0.2, 0.25) is 5.91 Å². The Balaban J connectivity index is 1.69. The van der Waals surface area contributed by atoms with Crippen molar-refractivity contribution in [2.75, 3.05) is 13.7 Å². The summed E-state index contributed by atoms with van der Waals surface area (Å²) in [6.45, 7) is 1.25. The molecule has 18 heavy (non-hydrogen) atoms. The van der Waals surface area contributed by atoms with E-state index in [1.807, 2.05) is 5.38 Å². The molecule has 0 atom stereocenters. The van der Waals surface area contributed by atoms with Crippen LogP contribution in [0.5, 0.6) is 0 Å². The van der Waals surface area contributed by atoms with Crippen LogP contribution in [0.25, 0.3) is 0 Å². The molecule has 0 radical (unpaired) electrons. The maximum atomic E-state index is 11.8. The van der Waals surface area contributed by atoms with Crippen LogP contribution in [0.1, 0.15) is 36.4 Å². The third-order valence-corrected chi connectivity index (χ3v) is 4.14. The Morgan fingerprint density at radius 1 is 1.56 bits per heavy atom. The number of aromatic nitrogens is 1. The second-order valence-electron chi connectivity index (χ2n) is 4.69. The zero-order valence-electron chi connectivity index (χ0n) is 10.8. The number of ether oxygens (including phenoxy) is 1. The minimum absolute atomic E-state index is 0.222. The maximum Gasteiger partial charge on any atom is 0.223 e. The molecule has 0 spiro atoms. The number of hydrogen-bond acceptors (Lipinski definition) is 4. The van der Waals surface area contributed by atoms with E-state index in [0.29, 0.717) is 13.2 Å². The lowest BCUT2D eigenvalue weighted by atomic mass is 10.1. The molecule has 0 unspecified atom stereocenters. The second kappa shape index (κ2) is 6.85. The molecule has 0 aliphatic heterocycles. The molecule has 1 aromatic rings. The van der Waals surface area contributed by atoms with Gasteiger partial charge in [0.05, 0.1) is 12.3 Å². The summed E-state index contributed by atoms with van der Waals surface area (Å²) in [5.74, 6) is 0.476. The van der Waals surface area contributed by atoms with Crippen LogP contribution in [0.3, 0.4) is 0 Å². The van der Waals surface area contributed by atoms with Gasteiger partial charge < -0.3 is 10.1 Å². The van der Waals surface area contributed by atoms with Gasteiger partial charge in [0.1, 0.15) is 5.01 Å². The fourth-order valence-electron chi connectivity index (χ4n) is 2.30. The minimum Gasteiger partial charge on any atom is -0.378 e. The highest BCUT2D eigenvalue weighted by Crippen LogP contribution is 2.24. The van der Waals surface area contributed by atoms with E-state index in [0.717, 1.165) is 30.0 Å². The van der Waals surface area contributed by atoms with E-state index < -0.39 is 0 Å². The quantitative estimate of drug-likeness (QED) is 0.860. The summed E-state index contributed by atoms with van der Waals surface area (Å²) < 4.78 is 5.03. The molecule has 2 rings (SSSR count). The molecular formula is C13H20N2O2S. The first-order chi connectivity index (χ1) is 8.79. The van der Waals surface area contributed by atoms with Crippen LogP contribution in [0.4, 0.5) is 0 Å². The number of nitrogens with zero attached hydrogens (tertiary/aromatic N) is 1. The lowest BCUT2D eigenvalue weighted by Crippen LogP contribution is -2.30. The van der Waals surface area contributed by atoms with Crippen molar-refractivity contribution in [2.24, 2.45) is 5.92 Å². The van der Waals surface area contributed by atoms with Gasteiger partial charge >= 0.3 is 0 Å². The van der Waals surface area contributed by atoms with Crippen molar-refractivity contribution < 1.29 is 9.53 Å². The number of rotatable bonds is 6. The fraction of sp³-hybridized carbons (Fsp3) is 0.692. The number of hydrogen-bond donors (Lipinski definition) is 1. The molecule has 1 N–H and O–H groups in total. The predicted octanol–water partition coefficient (Wildman–Crippen LogP) is 2.14. The van der Waals surface area contributed by atoms with Crippen molar-refractivity contribution in [3.8, 4) is 0 Å². The first kappa shape index (κ1) is 13.5. The SMILES string of the molecule is COCc1nc(CCNC(=O)C2CCCC2)cs1. The van der Waals surface area contributed by atoms with E-state index in [2.05, 4.69) is 10.3 Å². The van der Waals surface area contributed by atoms with Gasteiger partial charge in [-0.2, -0.15) is 0 Å².